The van der Waals surface area contributed by atoms with Crippen molar-refractivity contribution in [2.24, 2.45) is 0 Å². The first-order chi connectivity index (χ1) is 13.0. The number of hydrogen-bond acceptors (Lipinski definition) is 8. The molecule has 27 heavy (non-hydrogen) atoms. The van der Waals surface area contributed by atoms with Crippen molar-refractivity contribution in [2.75, 3.05) is 19.8 Å². The quantitative estimate of drug-likeness (QED) is 0.213. The van der Waals surface area contributed by atoms with Gasteiger partial charge in [0.2, 0.25) is 0 Å². The van der Waals surface area contributed by atoms with Gasteiger partial charge in [-0.1, -0.05) is 39.0 Å². The molecule has 5 N–H and O–H groups in total. The van der Waals surface area contributed by atoms with Crippen LogP contribution in [0.1, 0.15) is 51.9 Å². The van der Waals surface area contributed by atoms with Crippen molar-refractivity contribution < 1.29 is 39.7 Å². The third-order valence-corrected chi connectivity index (χ3v) is 4.51. The van der Waals surface area contributed by atoms with E-state index in [0.29, 0.717) is 0 Å². The van der Waals surface area contributed by atoms with Crippen molar-refractivity contribution >= 4 is 0 Å². The van der Waals surface area contributed by atoms with E-state index in [1.54, 1.807) is 6.26 Å². The van der Waals surface area contributed by atoms with Gasteiger partial charge in [-0.3, -0.25) is 0 Å². The fraction of sp³-hybridized carbons (Fsp3) is 0.895. The second kappa shape index (κ2) is 14.3. The zero-order valence-corrected chi connectivity index (χ0v) is 16.2. The number of unbranched alkanes of at least 4 members (excludes halogenated alkanes) is 6. The Morgan fingerprint density at radius 1 is 0.963 bits per heavy atom. The van der Waals surface area contributed by atoms with Crippen LogP contribution < -0.4 is 0 Å². The molecule has 6 atom stereocenters. The molecular formula is C19H36O8. The average Bonchev–Trinajstić information content (AvgIpc) is 2.67. The molecule has 1 unspecified atom stereocenters. The molecule has 0 saturated carbocycles. The molecular weight excluding hydrogens is 356 g/mol. The molecule has 1 heterocycles. The molecule has 1 aliphatic rings. The van der Waals surface area contributed by atoms with Crippen molar-refractivity contribution in [3.8, 4) is 0 Å². The summed E-state index contributed by atoms with van der Waals surface area (Å²) < 4.78 is 15.7. The highest BCUT2D eigenvalue weighted by atomic mass is 16.7. The lowest BCUT2D eigenvalue weighted by atomic mass is 9.99. The standard InChI is InChI=1S/C19H36O8/c1-2-3-4-5-6-7-8-9-10-25-12-14(21)13-26-19-18(24)17(23)16(22)15(11-20)27-19/h9-10,14-24H,2-8,11-13H2,1H3/t14?,15-,16+,17+,18-,19+/m1/s1. The Morgan fingerprint density at radius 2 is 1.67 bits per heavy atom. The first kappa shape index (κ1) is 24.3. The average molecular weight is 392 g/mol. The molecule has 1 fully saturated rings. The van der Waals surface area contributed by atoms with Gasteiger partial charge in [-0.25, -0.2) is 0 Å². The fourth-order valence-corrected chi connectivity index (χ4v) is 2.80. The number of hydrogen-bond donors (Lipinski definition) is 5. The number of aliphatic hydroxyl groups excluding tert-OH is 5. The Hall–Kier alpha value is -0.740. The molecule has 0 spiro atoms. The van der Waals surface area contributed by atoms with Crippen molar-refractivity contribution in [1.29, 1.82) is 0 Å². The molecule has 1 rings (SSSR count). The molecule has 0 aromatic rings. The Balaban J connectivity index is 2.12. The molecule has 0 aromatic heterocycles. The summed E-state index contributed by atoms with van der Waals surface area (Å²) in [4.78, 5) is 0. The fourth-order valence-electron chi connectivity index (χ4n) is 2.80. The normalized spacial score (nSPS) is 29.9. The minimum absolute atomic E-state index is 0.0183. The van der Waals surface area contributed by atoms with Crippen molar-refractivity contribution in [1.82, 2.24) is 0 Å². The monoisotopic (exact) mass is 392 g/mol. The Kier molecular flexibility index (Phi) is 12.9. The summed E-state index contributed by atoms with van der Waals surface area (Å²) in [6.07, 6.45) is 4.18. The zero-order valence-electron chi connectivity index (χ0n) is 16.2. The van der Waals surface area contributed by atoms with Gasteiger partial charge in [0.1, 0.15) is 37.1 Å². The van der Waals surface area contributed by atoms with Crippen molar-refractivity contribution in [3.63, 3.8) is 0 Å². The van der Waals surface area contributed by atoms with E-state index in [1.165, 1.54) is 32.1 Å². The maximum atomic E-state index is 9.85. The van der Waals surface area contributed by atoms with E-state index in [9.17, 15) is 20.4 Å². The van der Waals surface area contributed by atoms with Crippen LogP contribution in [-0.2, 0) is 14.2 Å². The van der Waals surface area contributed by atoms with E-state index in [0.717, 1.165) is 12.8 Å². The highest BCUT2D eigenvalue weighted by Gasteiger charge is 2.44. The molecule has 1 aliphatic heterocycles. The third kappa shape index (κ3) is 9.34. The number of allylic oxidation sites excluding steroid dienone is 1. The maximum absolute atomic E-state index is 9.85. The molecule has 8 heteroatoms. The van der Waals surface area contributed by atoms with Gasteiger partial charge in [0.25, 0.3) is 0 Å². The predicted octanol–water partition coefficient (Wildman–Crippen LogP) is 0.445. The second-order valence-corrected chi connectivity index (χ2v) is 6.95. The van der Waals surface area contributed by atoms with Gasteiger partial charge in [-0.15, -0.1) is 0 Å². The first-order valence-corrected chi connectivity index (χ1v) is 9.88. The van der Waals surface area contributed by atoms with Crippen LogP contribution in [0, 0.1) is 0 Å². The smallest absolute Gasteiger partial charge is 0.186 e. The van der Waals surface area contributed by atoms with E-state index < -0.39 is 43.4 Å². The molecule has 8 nitrogen and oxygen atoms in total. The lowest BCUT2D eigenvalue weighted by Crippen LogP contribution is -2.59. The zero-order chi connectivity index (χ0) is 20.1. The minimum atomic E-state index is -1.50. The van der Waals surface area contributed by atoms with Crippen LogP contribution >= 0.6 is 0 Å². The Bertz CT molecular complexity index is 390. The SMILES string of the molecule is CCCCCCCCC=COCC(O)CO[C@H]1O[C@H](CO)[C@H](O)[C@H](O)[C@H]1O. The summed E-state index contributed by atoms with van der Waals surface area (Å²) in [6, 6.07) is 0. The summed E-state index contributed by atoms with van der Waals surface area (Å²) in [6.45, 7) is 1.50. The van der Waals surface area contributed by atoms with Gasteiger partial charge in [0, 0.05) is 0 Å². The summed E-state index contributed by atoms with van der Waals surface area (Å²) >= 11 is 0. The van der Waals surface area contributed by atoms with E-state index in [1.807, 2.05) is 6.08 Å². The highest BCUT2D eigenvalue weighted by Crippen LogP contribution is 2.22. The molecule has 0 radical (unpaired) electrons. The Labute approximate surface area is 161 Å². The molecule has 0 aliphatic carbocycles. The third-order valence-electron chi connectivity index (χ3n) is 4.51. The molecule has 160 valence electrons. The lowest BCUT2D eigenvalue weighted by Gasteiger charge is -2.39. The van der Waals surface area contributed by atoms with Crippen LogP contribution in [0.15, 0.2) is 12.3 Å². The van der Waals surface area contributed by atoms with Crippen LogP contribution in [0.4, 0.5) is 0 Å². The topological polar surface area (TPSA) is 129 Å². The summed E-state index contributed by atoms with van der Waals surface area (Å²) in [5, 5.41) is 48.1. The highest BCUT2D eigenvalue weighted by molar-refractivity contribution is 4.89. The summed E-state index contributed by atoms with van der Waals surface area (Å²) in [5.41, 5.74) is 0. The Morgan fingerprint density at radius 3 is 2.37 bits per heavy atom. The van der Waals surface area contributed by atoms with Gasteiger partial charge in [0.05, 0.1) is 19.5 Å². The van der Waals surface area contributed by atoms with E-state index in [-0.39, 0.29) is 13.2 Å². The van der Waals surface area contributed by atoms with Crippen LogP contribution in [0.5, 0.6) is 0 Å². The summed E-state index contributed by atoms with van der Waals surface area (Å²) in [5.74, 6) is 0. The van der Waals surface area contributed by atoms with Gasteiger partial charge >= 0.3 is 0 Å². The van der Waals surface area contributed by atoms with Crippen molar-refractivity contribution in [2.45, 2.75) is 88.7 Å². The molecule has 1 saturated heterocycles. The van der Waals surface area contributed by atoms with E-state index in [4.69, 9.17) is 19.3 Å². The van der Waals surface area contributed by atoms with Gasteiger partial charge in [-0.2, -0.15) is 0 Å². The van der Waals surface area contributed by atoms with Gasteiger partial charge in [0.15, 0.2) is 6.29 Å². The largest absolute Gasteiger partial charge is 0.499 e. The number of ether oxygens (including phenoxy) is 3. The van der Waals surface area contributed by atoms with Crippen molar-refractivity contribution in [3.05, 3.63) is 12.3 Å². The predicted molar refractivity (Wildman–Crippen MR) is 98.8 cm³/mol. The second-order valence-electron chi connectivity index (χ2n) is 6.95. The van der Waals surface area contributed by atoms with E-state index >= 15 is 0 Å². The summed E-state index contributed by atoms with van der Waals surface area (Å²) in [7, 11) is 0. The molecule has 0 amide bonds. The maximum Gasteiger partial charge on any atom is 0.186 e. The van der Waals surface area contributed by atoms with Crippen LogP contribution in [0.3, 0.4) is 0 Å². The molecule has 0 aromatic carbocycles. The van der Waals surface area contributed by atoms with Gasteiger partial charge in [-0.05, 0) is 18.9 Å². The number of rotatable bonds is 14. The van der Waals surface area contributed by atoms with Crippen LogP contribution in [0.25, 0.3) is 0 Å². The lowest BCUT2D eigenvalue weighted by molar-refractivity contribution is -0.304. The molecule has 0 bridgehead atoms. The van der Waals surface area contributed by atoms with Crippen LogP contribution in [0.2, 0.25) is 0 Å². The van der Waals surface area contributed by atoms with E-state index in [2.05, 4.69) is 6.92 Å². The minimum Gasteiger partial charge on any atom is -0.499 e. The first-order valence-electron chi connectivity index (χ1n) is 9.88. The van der Waals surface area contributed by atoms with Crippen LogP contribution in [-0.4, -0.2) is 82.2 Å². The van der Waals surface area contributed by atoms with Gasteiger partial charge < -0.3 is 39.7 Å². The number of aliphatic hydroxyl groups is 5.